The molecule has 0 radical (unpaired) electrons. The molecule has 0 aliphatic carbocycles. The summed E-state index contributed by atoms with van der Waals surface area (Å²) >= 11 is 6.34. The van der Waals surface area contributed by atoms with E-state index in [4.69, 9.17) is 16.6 Å². The Morgan fingerprint density at radius 1 is 0.794 bits per heavy atom. The number of aromatic nitrogens is 4. The average Bonchev–Trinajstić information content (AvgIpc) is 3.28. The summed E-state index contributed by atoms with van der Waals surface area (Å²) in [6.45, 7) is 2.96. The molecule has 9 heteroatoms. The zero-order valence-corrected chi connectivity index (χ0v) is 18.8. The van der Waals surface area contributed by atoms with Gasteiger partial charge in [0.1, 0.15) is 23.1 Å². The standard InChI is InChI=1S/C25H19ClF2N6/c26-17-4-9-22-21(15-17)24(33-12-10-32(11-13-33)20-7-5-18(27)6-8-20)29-25-23(30-31-34(22)25)16-2-1-3-19(28)14-16/h1-9,14-15H,10-13H2. The number of hydrogen-bond acceptors (Lipinski definition) is 5. The SMILES string of the molecule is Fc1ccc(N2CCN(c3nc4c(-c5cccc(F)c5)nnn4c4ccc(Cl)cc34)CC2)cc1. The van der Waals surface area contributed by atoms with Gasteiger partial charge in [-0.3, -0.25) is 0 Å². The highest BCUT2D eigenvalue weighted by molar-refractivity contribution is 6.31. The first-order valence-corrected chi connectivity index (χ1v) is 11.3. The van der Waals surface area contributed by atoms with Crippen molar-refractivity contribution in [3.05, 3.63) is 83.4 Å². The molecule has 1 fully saturated rings. The predicted molar refractivity (Wildman–Crippen MR) is 130 cm³/mol. The van der Waals surface area contributed by atoms with E-state index in [2.05, 4.69) is 20.1 Å². The van der Waals surface area contributed by atoms with Gasteiger partial charge in [0.25, 0.3) is 0 Å². The Morgan fingerprint density at radius 2 is 1.56 bits per heavy atom. The highest BCUT2D eigenvalue weighted by Gasteiger charge is 2.23. The largest absolute Gasteiger partial charge is 0.368 e. The van der Waals surface area contributed by atoms with Crippen LogP contribution < -0.4 is 9.80 Å². The van der Waals surface area contributed by atoms with E-state index in [9.17, 15) is 8.78 Å². The van der Waals surface area contributed by atoms with E-state index >= 15 is 0 Å². The number of hydrogen-bond donors (Lipinski definition) is 0. The summed E-state index contributed by atoms with van der Waals surface area (Å²) in [5, 5.41) is 10.1. The fourth-order valence-electron chi connectivity index (χ4n) is 4.46. The van der Waals surface area contributed by atoms with Crippen molar-refractivity contribution in [1.29, 1.82) is 0 Å². The fraction of sp³-hybridized carbons (Fsp3) is 0.160. The maximum absolute atomic E-state index is 13.9. The molecule has 1 aliphatic rings. The van der Waals surface area contributed by atoms with E-state index in [1.54, 1.807) is 28.8 Å². The van der Waals surface area contributed by atoms with Gasteiger partial charge < -0.3 is 9.80 Å². The van der Waals surface area contributed by atoms with Crippen molar-refractivity contribution in [1.82, 2.24) is 19.8 Å². The van der Waals surface area contributed by atoms with Crippen LogP contribution in [0.3, 0.4) is 0 Å². The quantitative estimate of drug-likeness (QED) is 0.358. The summed E-state index contributed by atoms with van der Waals surface area (Å²) in [7, 11) is 0. The van der Waals surface area contributed by atoms with Crippen LogP contribution in [0.25, 0.3) is 27.8 Å². The molecule has 3 heterocycles. The third-order valence-corrected chi connectivity index (χ3v) is 6.39. The van der Waals surface area contributed by atoms with Crippen molar-refractivity contribution >= 4 is 39.7 Å². The first kappa shape index (κ1) is 20.8. The molecule has 0 spiro atoms. The van der Waals surface area contributed by atoms with Crippen LogP contribution in [-0.4, -0.2) is 46.0 Å². The van der Waals surface area contributed by atoms with Crippen LogP contribution in [0, 0.1) is 11.6 Å². The first-order valence-electron chi connectivity index (χ1n) is 10.9. The lowest BCUT2D eigenvalue weighted by molar-refractivity contribution is 0.624. The average molecular weight is 477 g/mol. The van der Waals surface area contributed by atoms with Crippen LogP contribution in [0.2, 0.25) is 5.02 Å². The van der Waals surface area contributed by atoms with E-state index < -0.39 is 0 Å². The minimum Gasteiger partial charge on any atom is -0.368 e. The lowest BCUT2D eigenvalue weighted by Crippen LogP contribution is -2.47. The fourth-order valence-corrected chi connectivity index (χ4v) is 4.64. The zero-order valence-electron chi connectivity index (χ0n) is 18.0. The second-order valence-corrected chi connectivity index (χ2v) is 8.67. The molecule has 2 aromatic heterocycles. The predicted octanol–water partition coefficient (Wildman–Crippen LogP) is 5.20. The Labute approximate surface area is 199 Å². The van der Waals surface area contributed by atoms with Gasteiger partial charge in [-0.05, 0) is 54.6 Å². The van der Waals surface area contributed by atoms with Gasteiger partial charge in [-0.15, -0.1) is 5.10 Å². The first-order chi connectivity index (χ1) is 16.6. The Morgan fingerprint density at radius 3 is 2.32 bits per heavy atom. The van der Waals surface area contributed by atoms with E-state index in [1.165, 1.54) is 24.3 Å². The maximum atomic E-state index is 13.9. The van der Waals surface area contributed by atoms with E-state index in [0.29, 0.717) is 21.9 Å². The van der Waals surface area contributed by atoms with Crippen molar-refractivity contribution < 1.29 is 8.78 Å². The summed E-state index contributed by atoms with van der Waals surface area (Å²) < 4.78 is 28.9. The lowest BCUT2D eigenvalue weighted by atomic mass is 10.1. The molecule has 0 amide bonds. The molecule has 0 N–H and O–H groups in total. The highest BCUT2D eigenvalue weighted by Crippen LogP contribution is 2.32. The molecule has 5 aromatic rings. The highest BCUT2D eigenvalue weighted by atomic mass is 35.5. The molecule has 1 saturated heterocycles. The molecule has 0 bridgehead atoms. The number of halogens is 3. The molecule has 6 nitrogen and oxygen atoms in total. The van der Waals surface area contributed by atoms with Gasteiger partial charge >= 0.3 is 0 Å². The van der Waals surface area contributed by atoms with Gasteiger partial charge in [-0.25, -0.2) is 13.8 Å². The smallest absolute Gasteiger partial charge is 0.186 e. The van der Waals surface area contributed by atoms with Crippen molar-refractivity contribution in [2.45, 2.75) is 0 Å². The summed E-state index contributed by atoms with van der Waals surface area (Å²) in [6.07, 6.45) is 0. The van der Waals surface area contributed by atoms with Crippen molar-refractivity contribution in [3.63, 3.8) is 0 Å². The number of nitrogens with zero attached hydrogens (tertiary/aromatic N) is 6. The Balaban J connectivity index is 1.42. The third kappa shape index (κ3) is 3.60. The number of fused-ring (bicyclic) bond motifs is 3. The molecule has 0 saturated carbocycles. The van der Waals surface area contributed by atoms with Crippen molar-refractivity contribution in [2.24, 2.45) is 0 Å². The van der Waals surface area contributed by atoms with Gasteiger partial charge in [0.2, 0.25) is 0 Å². The molecular formula is C25H19ClF2N6. The number of benzene rings is 3. The molecule has 0 unspecified atom stereocenters. The molecule has 0 atom stereocenters. The normalized spacial score (nSPS) is 14.3. The van der Waals surface area contributed by atoms with Crippen LogP contribution in [0.15, 0.2) is 66.7 Å². The van der Waals surface area contributed by atoms with E-state index in [0.717, 1.165) is 48.6 Å². The summed E-state index contributed by atoms with van der Waals surface area (Å²) in [5.74, 6) is 0.193. The molecule has 1 aliphatic heterocycles. The molecule has 6 rings (SSSR count). The molecule has 3 aromatic carbocycles. The van der Waals surface area contributed by atoms with Gasteiger partial charge in [-0.2, -0.15) is 4.52 Å². The minimum atomic E-state index is -0.344. The van der Waals surface area contributed by atoms with Crippen molar-refractivity contribution in [3.8, 4) is 11.3 Å². The van der Waals surface area contributed by atoms with Gasteiger partial charge in [0, 0.05) is 47.8 Å². The number of anilines is 2. The summed E-state index contributed by atoms with van der Waals surface area (Å²) in [4.78, 5) is 9.39. The number of rotatable bonds is 3. The Bertz CT molecular complexity index is 1510. The van der Waals surface area contributed by atoms with Gasteiger partial charge in [0.05, 0.1) is 5.52 Å². The van der Waals surface area contributed by atoms with Gasteiger partial charge in [0.15, 0.2) is 5.65 Å². The Kier molecular flexibility index (Phi) is 5.03. The van der Waals surface area contributed by atoms with Crippen LogP contribution >= 0.6 is 11.6 Å². The van der Waals surface area contributed by atoms with Crippen LogP contribution in [0.1, 0.15) is 0 Å². The third-order valence-electron chi connectivity index (χ3n) is 6.16. The van der Waals surface area contributed by atoms with Gasteiger partial charge in [-0.1, -0.05) is 28.9 Å². The minimum absolute atomic E-state index is 0.244. The molecular weight excluding hydrogens is 458 g/mol. The van der Waals surface area contributed by atoms with Crippen LogP contribution in [-0.2, 0) is 0 Å². The second kappa shape index (κ2) is 8.22. The van der Waals surface area contributed by atoms with Crippen molar-refractivity contribution in [2.75, 3.05) is 36.0 Å². The van der Waals surface area contributed by atoms with E-state index in [-0.39, 0.29) is 11.6 Å². The molecule has 34 heavy (non-hydrogen) atoms. The zero-order chi connectivity index (χ0) is 23.2. The monoisotopic (exact) mass is 476 g/mol. The topological polar surface area (TPSA) is 49.6 Å². The summed E-state index contributed by atoms with van der Waals surface area (Å²) in [6, 6.07) is 18.4. The molecule has 170 valence electrons. The summed E-state index contributed by atoms with van der Waals surface area (Å²) in [5.41, 5.74) is 3.49. The van der Waals surface area contributed by atoms with E-state index in [1.807, 2.05) is 18.2 Å². The van der Waals surface area contributed by atoms with Crippen LogP contribution in [0.5, 0.6) is 0 Å². The lowest BCUT2D eigenvalue weighted by Gasteiger charge is -2.37. The van der Waals surface area contributed by atoms with Crippen LogP contribution in [0.4, 0.5) is 20.3 Å². The Hall–Kier alpha value is -3.78. The maximum Gasteiger partial charge on any atom is 0.186 e. The second-order valence-electron chi connectivity index (χ2n) is 8.23. The number of piperazine rings is 1.